The van der Waals surface area contributed by atoms with Gasteiger partial charge in [-0.05, 0) is 55.2 Å². The maximum atomic E-state index is 12.1. The minimum Gasteiger partial charge on any atom is -0.353 e. The Morgan fingerprint density at radius 3 is 2.26 bits per heavy atom. The van der Waals surface area contributed by atoms with E-state index in [9.17, 15) is 4.79 Å². The third-order valence-corrected chi connectivity index (χ3v) is 4.04. The number of carbonyl (C=O) groups excluding carboxylic acids is 1. The van der Waals surface area contributed by atoms with Gasteiger partial charge in [-0.1, -0.05) is 12.1 Å². The molecule has 2 aliphatic rings. The molecule has 98 valence electrons. The van der Waals surface area contributed by atoms with Gasteiger partial charge < -0.3 is 5.32 Å². The summed E-state index contributed by atoms with van der Waals surface area (Å²) in [7, 11) is 0. The van der Waals surface area contributed by atoms with Crippen molar-refractivity contribution in [3.8, 4) is 6.07 Å². The fourth-order valence-electron chi connectivity index (χ4n) is 2.65. The number of amides is 1. The SMILES string of the molecule is N#Cc1ccc(CC(=O)NC(C2CC2)C2CC2)cc1. The van der Waals surface area contributed by atoms with Gasteiger partial charge in [-0.2, -0.15) is 5.26 Å². The van der Waals surface area contributed by atoms with Crippen molar-refractivity contribution in [3.63, 3.8) is 0 Å². The Bertz CT molecular complexity index is 495. The first-order chi connectivity index (χ1) is 9.26. The predicted octanol–water partition coefficient (Wildman–Crippen LogP) is 2.41. The van der Waals surface area contributed by atoms with Crippen LogP contribution in [0.25, 0.3) is 0 Å². The molecule has 0 radical (unpaired) electrons. The molecule has 3 rings (SSSR count). The van der Waals surface area contributed by atoms with E-state index >= 15 is 0 Å². The molecule has 2 fully saturated rings. The Morgan fingerprint density at radius 2 is 1.79 bits per heavy atom. The summed E-state index contributed by atoms with van der Waals surface area (Å²) in [6.07, 6.45) is 5.52. The summed E-state index contributed by atoms with van der Waals surface area (Å²) < 4.78 is 0. The number of benzene rings is 1. The summed E-state index contributed by atoms with van der Waals surface area (Å²) in [5.41, 5.74) is 1.61. The van der Waals surface area contributed by atoms with Gasteiger partial charge in [-0.15, -0.1) is 0 Å². The summed E-state index contributed by atoms with van der Waals surface area (Å²) in [6, 6.07) is 9.76. The first-order valence-corrected chi connectivity index (χ1v) is 7.04. The van der Waals surface area contributed by atoms with Crippen LogP contribution in [-0.2, 0) is 11.2 Å². The molecule has 0 heterocycles. The van der Waals surface area contributed by atoms with Gasteiger partial charge in [0.15, 0.2) is 0 Å². The zero-order valence-corrected chi connectivity index (χ0v) is 10.9. The number of carbonyl (C=O) groups is 1. The van der Waals surface area contributed by atoms with E-state index in [0.29, 0.717) is 18.0 Å². The Labute approximate surface area is 113 Å². The Hall–Kier alpha value is -1.82. The standard InChI is InChI=1S/C16H18N2O/c17-10-12-3-1-11(2-4-12)9-15(19)18-16(13-5-6-13)14-7-8-14/h1-4,13-14,16H,5-9H2,(H,18,19). The van der Waals surface area contributed by atoms with Crippen molar-refractivity contribution in [2.75, 3.05) is 0 Å². The summed E-state index contributed by atoms with van der Waals surface area (Å²) in [5.74, 6) is 1.59. The lowest BCUT2D eigenvalue weighted by atomic mass is 10.1. The molecule has 0 saturated heterocycles. The second-order valence-electron chi connectivity index (χ2n) is 5.75. The van der Waals surface area contributed by atoms with Gasteiger partial charge in [0.25, 0.3) is 0 Å². The molecule has 2 aliphatic carbocycles. The highest BCUT2D eigenvalue weighted by molar-refractivity contribution is 5.79. The van der Waals surface area contributed by atoms with Crippen molar-refractivity contribution in [1.82, 2.24) is 5.32 Å². The Morgan fingerprint density at radius 1 is 1.21 bits per heavy atom. The number of hydrogen-bond donors (Lipinski definition) is 1. The fraction of sp³-hybridized carbons (Fsp3) is 0.500. The molecule has 0 unspecified atom stereocenters. The molecule has 3 nitrogen and oxygen atoms in total. The number of nitrogens with one attached hydrogen (secondary N) is 1. The second kappa shape index (κ2) is 5.05. The van der Waals surface area contributed by atoms with Gasteiger partial charge in [-0.25, -0.2) is 0 Å². The highest BCUT2D eigenvalue weighted by Crippen LogP contribution is 2.44. The third kappa shape index (κ3) is 3.14. The number of rotatable bonds is 5. The van der Waals surface area contributed by atoms with Gasteiger partial charge in [-0.3, -0.25) is 4.79 Å². The minimum absolute atomic E-state index is 0.119. The first-order valence-electron chi connectivity index (χ1n) is 7.04. The van der Waals surface area contributed by atoms with E-state index < -0.39 is 0 Å². The normalized spacial score (nSPS) is 18.1. The molecule has 3 heteroatoms. The summed E-state index contributed by atoms with van der Waals surface area (Å²) >= 11 is 0. The molecular weight excluding hydrogens is 236 g/mol. The molecule has 1 aromatic carbocycles. The van der Waals surface area contributed by atoms with Gasteiger partial charge in [0.1, 0.15) is 0 Å². The van der Waals surface area contributed by atoms with Crippen molar-refractivity contribution < 1.29 is 4.79 Å². The first kappa shape index (κ1) is 12.2. The smallest absolute Gasteiger partial charge is 0.224 e. The van der Waals surface area contributed by atoms with Crippen molar-refractivity contribution >= 4 is 5.91 Å². The molecule has 2 saturated carbocycles. The zero-order chi connectivity index (χ0) is 13.2. The molecule has 1 N–H and O–H groups in total. The monoisotopic (exact) mass is 254 g/mol. The largest absolute Gasteiger partial charge is 0.353 e. The molecule has 0 atom stereocenters. The molecule has 1 amide bonds. The maximum absolute atomic E-state index is 12.1. The third-order valence-electron chi connectivity index (χ3n) is 4.04. The van der Waals surface area contributed by atoms with E-state index in [2.05, 4.69) is 11.4 Å². The van der Waals surface area contributed by atoms with E-state index in [1.165, 1.54) is 25.7 Å². The highest BCUT2D eigenvalue weighted by Gasteiger charge is 2.42. The second-order valence-corrected chi connectivity index (χ2v) is 5.75. The van der Waals surface area contributed by atoms with Crippen LogP contribution in [-0.4, -0.2) is 11.9 Å². The lowest BCUT2D eigenvalue weighted by molar-refractivity contribution is -0.121. The summed E-state index contributed by atoms with van der Waals surface area (Å²) in [4.78, 5) is 12.1. The Kier molecular flexibility index (Phi) is 3.25. The van der Waals surface area contributed by atoms with Crippen molar-refractivity contribution in [1.29, 1.82) is 5.26 Å². The lowest BCUT2D eigenvalue weighted by Crippen LogP contribution is -2.38. The van der Waals surface area contributed by atoms with Crippen LogP contribution in [0.4, 0.5) is 0 Å². The topological polar surface area (TPSA) is 52.9 Å². The minimum atomic E-state index is 0.119. The van der Waals surface area contributed by atoms with E-state index in [1.54, 1.807) is 12.1 Å². The highest BCUT2D eigenvalue weighted by atomic mass is 16.1. The van der Waals surface area contributed by atoms with Crippen molar-refractivity contribution in [2.45, 2.75) is 38.1 Å². The van der Waals surface area contributed by atoms with Crippen LogP contribution < -0.4 is 5.32 Å². The molecular formula is C16H18N2O. The van der Waals surface area contributed by atoms with E-state index in [1.807, 2.05) is 12.1 Å². The number of nitrogens with zero attached hydrogens (tertiary/aromatic N) is 1. The van der Waals surface area contributed by atoms with Crippen LogP contribution >= 0.6 is 0 Å². The quantitative estimate of drug-likeness (QED) is 0.877. The fourth-order valence-corrected chi connectivity index (χ4v) is 2.65. The number of hydrogen-bond acceptors (Lipinski definition) is 2. The average molecular weight is 254 g/mol. The number of nitriles is 1. The molecule has 1 aromatic rings. The van der Waals surface area contributed by atoms with Crippen molar-refractivity contribution in [2.24, 2.45) is 11.8 Å². The van der Waals surface area contributed by atoms with Crippen LogP contribution in [0.2, 0.25) is 0 Å². The van der Waals surface area contributed by atoms with E-state index in [4.69, 9.17) is 5.26 Å². The van der Waals surface area contributed by atoms with Gasteiger partial charge in [0, 0.05) is 6.04 Å². The summed E-state index contributed by atoms with van der Waals surface area (Å²) in [6.45, 7) is 0. The van der Waals surface area contributed by atoms with Crippen LogP contribution in [0, 0.1) is 23.2 Å². The zero-order valence-electron chi connectivity index (χ0n) is 10.9. The molecule has 19 heavy (non-hydrogen) atoms. The van der Waals surface area contributed by atoms with Crippen LogP contribution in [0.3, 0.4) is 0 Å². The molecule has 0 spiro atoms. The van der Waals surface area contributed by atoms with Crippen LogP contribution in [0.1, 0.15) is 36.8 Å². The predicted molar refractivity (Wildman–Crippen MR) is 72.2 cm³/mol. The lowest BCUT2D eigenvalue weighted by Gasteiger charge is -2.17. The van der Waals surface area contributed by atoms with Crippen molar-refractivity contribution in [3.05, 3.63) is 35.4 Å². The van der Waals surface area contributed by atoms with Gasteiger partial charge in [0.2, 0.25) is 5.91 Å². The van der Waals surface area contributed by atoms with E-state index in [0.717, 1.165) is 17.4 Å². The van der Waals surface area contributed by atoms with E-state index in [-0.39, 0.29) is 5.91 Å². The molecule has 0 aromatic heterocycles. The van der Waals surface area contributed by atoms with Gasteiger partial charge >= 0.3 is 0 Å². The molecule has 0 aliphatic heterocycles. The Balaban J connectivity index is 1.56. The maximum Gasteiger partial charge on any atom is 0.224 e. The summed E-state index contributed by atoms with van der Waals surface area (Å²) in [5, 5.41) is 12.0. The average Bonchev–Trinajstić information content (AvgIpc) is 3.30. The van der Waals surface area contributed by atoms with Crippen LogP contribution in [0.5, 0.6) is 0 Å². The molecule has 0 bridgehead atoms. The van der Waals surface area contributed by atoms with Gasteiger partial charge in [0.05, 0.1) is 18.1 Å². The van der Waals surface area contributed by atoms with Crippen LogP contribution in [0.15, 0.2) is 24.3 Å².